The molecule has 2 aromatic rings. The van der Waals surface area contributed by atoms with Crippen LogP contribution < -0.4 is 5.56 Å². The number of nitrogens with one attached hydrogen (secondary N) is 2. The van der Waals surface area contributed by atoms with E-state index in [1.54, 1.807) is 6.92 Å². The van der Waals surface area contributed by atoms with Crippen molar-refractivity contribution in [1.29, 1.82) is 0 Å². The largest absolute Gasteiger partial charge is 0.323 e. The van der Waals surface area contributed by atoms with Gasteiger partial charge in [-0.2, -0.15) is 4.98 Å². The Kier molecular flexibility index (Phi) is 1.90. The van der Waals surface area contributed by atoms with Crippen LogP contribution in [-0.2, 0) is 9.84 Å². The molecule has 0 atom stereocenters. The average Bonchev–Trinajstić information content (AvgIpc) is 2.46. The Morgan fingerprint density at radius 3 is 2.47 bits per heavy atom. The number of nitrogens with zero attached hydrogens (tertiary/aromatic N) is 2. The van der Waals surface area contributed by atoms with Crippen molar-refractivity contribution in [2.24, 2.45) is 0 Å². The van der Waals surface area contributed by atoms with E-state index < -0.39 is 15.4 Å². The van der Waals surface area contributed by atoms with E-state index in [4.69, 9.17) is 0 Å². The fourth-order valence-corrected chi connectivity index (χ4v) is 1.71. The number of rotatable bonds is 1. The maximum Gasteiger partial charge on any atom is 0.276 e. The van der Waals surface area contributed by atoms with Gasteiger partial charge >= 0.3 is 0 Å². The summed E-state index contributed by atoms with van der Waals surface area (Å²) in [6.07, 6.45) is 1.01. The SMILES string of the molecule is Cc1nc2nc(S(C)(=O)=O)[nH]c2c(=O)[nH]1. The van der Waals surface area contributed by atoms with Gasteiger partial charge in [0, 0.05) is 6.26 Å². The Labute approximate surface area is 84.5 Å². The lowest BCUT2D eigenvalue weighted by atomic mass is 10.5. The summed E-state index contributed by atoms with van der Waals surface area (Å²) in [6, 6.07) is 0. The summed E-state index contributed by atoms with van der Waals surface area (Å²) in [5.74, 6) is 0.388. The number of hydrogen-bond donors (Lipinski definition) is 2. The highest BCUT2D eigenvalue weighted by molar-refractivity contribution is 7.90. The number of imidazole rings is 1. The summed E-state index contributed by atoms with van der Waals surface area (Å²) in [5.41, 5.74) is -0.252. The van der Waals surface area contributed by atoms with Crippen LogP contribution >= 0.6 is 0 Å². The summed E-state index contributed by atoms with van der Waals surface area (Å²) in [5, 5.41) is -0.249. The number of aromatic amines is 2. The van der Waals surface area contributed by atoms with Gasteiger partial charge < -0.3 is 9.97 Å². The van der Waals surface area contributed by atoms with E-state index >= 15 is 0 Å². The molecule has 2 heterocycles. The van der Waals surface area contributed by atoms with Crippen molar-refractivity contribution in [2.45, 2.75) is 12.1 Å². The maximum absolute atomic E-state index is 11.4. The van der Waals surface area contributed by atoms with E-state index in [2.05, 4.69) is 19.9 Å². The quantitative estimate of drug-likeness (QED) is 0.674. The molecule has 0 bridgehead atoms. The summed E-state index contributed by atoms with van der Waals surface area (Å²) in [7, 11) is -3.45. The van der Waals surface area contributed by atoms with Crippen molar-refractivity contribution in [2.75, 3.05) is 6.26 Å². The zero-order valence-electron chi connectivity index (χ0n) is 8.03. The molecule has 0 spiro atoms. The second-order valence-electron chi connectivity index (χ2n) is 3.16. The maximum atomic E-state index is 11.4. The second kappa shape index (κ2) is 2.89. The highest BCUT2D eigenvalue weighted by Crippen LogP contribution is 2.08. The molecule has 0 aliphatic heterocycles. The van der Waals surface area contributed by atoms with Crippen molar-refractivity contribution in [3.8, 4) is 0 Å². The van der Waals surface area contributed by atoms with E-state index in [1.807, 2.05) is 0 Å². The first-order chi connectivity index (χ1) is 6.88. The molecule has 2 aromatic heterocycles. The lowest BCUT2D eigenvalue weighted by molar-refractivity contribution is 0.595. The molecule has 7 nitrogen and oxygen atoms in total. The van der Waals surface area contributed by atoms with Crippen LogP contribution in [0.3, 0.4) is 0 Å². The van der Waals surface area contributed by atoms with E-state index in [0.717, 1.165) is 6.26 Å². The van der Waals surface area contributed by atoms with Gasteiger partial charge in [-0.25, -0.2) is 13.4 Å². The fourth-order valence-electron chi connectivity index (χ4n) is 1.17. The monoisotopic (exact) mass is 228 g/mol. The lowest BCUT2D eigenvalue weighted by Gasteiger charge is -1.89. The normalized spacial score (nSPS) is 12.1. The van der Waals surface area contributed by atoms with E-state index in [9.17, 15) is 13.2 Å². The van der Waals surface area contributed by atoms with Gasteiger partial charge in [0.2, 0.25) is 15.0 Å². The molecule has 8 heteroatoms. The van der Waals surface area contributed by atoms with Gasteiger partial charge in [-0.05, 0) is 6.92 Å². The highest BCUT2D eigenvalue weighted by Gasteiger charge is 2.15. The van der Waals surface area contributed by atoms with Crippen molar-refractivity contribution in [3.63, 3.8) is 0 Å². The van der Waals surface area contributed by atoms with Crippen LogP contribution in [0.2, 0.25) is 0 Å². The number of H-pyrrole nitrogens is 2. The van der Waals surface area contributed by atoms with E-state index in [-0.39, 0.29) is 16.3 Å². The Morgan fingerprint density at radius 1 is 1.20 bits per heavy atom. The Hall–Kier alpha value is -1.70. The van der Waals surface area contributed by atoms with Gasteiger partial charge in [0.05, 0.1) is 0 Å². The van der Waals surface area contributed by atoms with Crippen LogP contribution in [0.1, 0.15) is 5.82 Å². The molecule has 0 aliphatic rings. The van der Waals surface area contributed by atoms with Gasteiger partial charge in [0.15, 0.2) is 11.2 Å². The summed E-state index contributed by atoms with van der Waals surface area (Å²) in [4.78, 5) is 23.9. The number of aryl methyl sites for hydroxylation is 1. The van der Waals surface area contributed by atoms with Gasteiger partial charge in [-0.3, -0.25) is 4.79 Å². The minimum Gasteiger partial charge on any atom is -0.323 e. The van der Waals surface area contributed by atoms with Crippen molar-refractivity contribution in [1.82, 2.24) is 19.9 Å². The van der Waals surface area contributed by atoms with Gasteiger partial charge in [0.1, 0.15) is 5.82 Å². The lowest BCUT2D eigenvalue weighted by Crippen LogP contribution is -2.09. The predicted octanol–water partition coefficient (Wildman–Crippen LogP) is -0.642. The van der Waals surface area contributed by atoms with Crippen molar-refractivity contribution >= 4 is 21.0 Å². The van der Waals surface area contributed by atoms with Crippen molar-refractivity contribution in [3.05, 3.63) is 16.2 Å². The van der Waals surface area contributed by atoms with Crippen LogP contribution in [0.15, 0.2) is 9.95 Å². The minimum atomic E-state index is -3.45. The summed E-state index contributed by atoms with van der Waals surface area (Å²) >= 11 is 0. The molecule has 0 fully saturated rings. The molecular weight excluding hydrogens is 220 g/mol. The zero-order chi connectivity index (χ0) is 11.2. The molecule has 0 saturated carbocycles. The van der Waals surface area contributed by atoms with Crippen LogP contribution in [0, 0.1) is 6.92 Å². The molecule has 0 aromatic carbocycles. The summed E-state index contributed by atoms with van der Waals surface area (Å²) in [6.45, 7) is 1.59. The molecule has 2 rings (SSSR count). The third-order valence-corrected chi connectivity index (χ3v) is 2.71. The van der Waals surface area contributed by atoms with Crippen molar-refractivity contribution < 1.29 is 8.42 Å². The van der Waals surface area contributed by atoms with Crippen LogP contribution in [0.4, 0.5) is 0 Å². The number of sulfone groups is 1. The fraction of sp³-hybridized carbons (Fsp3) is 0.286. The highest BCUT2D eigenvalue weighted by atomic mass is 32.2. The molecule has 0 radical (unpaired) electrons. The number of hydrogen-bond acceptors (Lipinski definition) is 5. The Morgan fingerprint density at radius 2 is 1.87 bits per heavy atom. The second-order valence-corrected chi connectivity index (χ2v) is 5.10. The third-order valence-electron chi connectivity index (χ3n) is 1.81. The molecule has 2 N–H and O–H groups in total. The average molecular weight is 228 g/mol. The number of fused-ring (bicyclic) bond motifs is 1. The zero-order valence-corrected chi connectivity index (χ0v) is 8.84. The Bertz CT molecular complexity index is 682. The molecule has 0 saturated heterocycles. The third kappa shape index (κ3) is 1.63. The first-order valence-corrected chi connectivity index (χ1v) is 5.94. The molecule has 80 valence electrons. The van der Waals surface area contributed by atoms with Gasteiger partial charge in [0.25, 0.3) is 5.56 Å². The van der Waals surface area contributed by atoms with Gasteiger partial charge in [-0.1, -0.05) is 0 Å². The van der Waals surface area contributed by atoms with Gasteiger partial charge in [-0.15, -0.1) is 0 Å². The standard InChI is InChI=1S/C7H8N4O3S/c1-3-8-5-4(6(12)9-3)10-7(11-5)15(2,13)14/h1-2H3,(H2,8,9,10,11,12). The summed E-state index contributed by atoms with van der Waals surface area (Å²) < 4.78 is 22.3. The molecule has 0 unspecified atom stereocenters. The Balaban J connectivity index is 2.89. The predicted molar refractivity (Wildman–Crippen MR) is 52.4 cm³/mol. The number of aromatic nitrogens is 4. The van der Waals surface area contributed by atoms with E-state index in [0.29, 0.717) is 5.82 Å². The first kappa shape index (κ1) is 9.84. The van der Waals surface area contributed by atoms with Crippen LogP contribution in [0.5, 0.6) is 0 Å². The molecular formula is C7H8N4O3S. The smallest absolute Gasteiger partial charge is 0.276 e. The molecule has 0 aliphatic carbocycles. The van der Waals surface area contributed by atoms with E-state index in [1.165, 1.54) is 0 Å². The first-order valence-electron chi connectivity index (χ1n) is 4.04. The van der Waals surface area contributed by atoms with Crippen LogP contribution in [-0.4, -0.2) is 34.6 Å². The molecule has 15 heavy (non-hydrogen) atoms. The topological polar surface area (TPSA) is 109 Å². The molecule has 0 amide bonds. The van der Waals surface area contributed by atoms with Crippen LogP contribution in [0.25, 0.3) is 11.2 Å². The minimum absolute atomic E-state index is 0.0704.